The lowest BCUT2D eigenvalue weighted by Crippen LogP contribution is -2.32. The van der Waals surface area contributed by atoms with Gasteiger partial charge in [-0.2, -0.15) is 0 Å². The third-order valence-corrected chi connectivity index (χ3v) is 4.71. The van der Waals surface area contributed by atoms with Crippen LogP contribution in [-0.2, 0) is 0 Å². The van der Waals surface area contributed by atoms with E-state index in [0.717, 1.165) is 23.2 Å². The summed E-state index contributed by atoms with van der Waals surface area (Å²) in [6.45, 7) is 3.62. The average molecular weight is 275 g/mol. The molecule has 5 heteroatoms. The molecule has 2 aromatic heterocycles. The number of hydrogen-bond acceptors (Lipinski definition) is 4. The van der Waals surface area contributed by atoms with Crippen LogP contribution in [-0.4, -0.2) is 28.9 Å². The number of pyridine rings is 1. The monoisotopic (exact) mass is 275 g/mol. The van der Waals surface area contributed by atoms with Gasteiger partial charge in [0.2, 0.25) is 0 Å². The Balaban J connectivity index is 1.93. The molecule has 0 aromatic carbocycles. The van der Waals surface area contributed by atoms with Crippen molar-refractivity contribution in [3.8, 4) is 0 Å². The first-order chi connectivity index (χ1) is 9.20. The number of thiophene rings is 1. The normalized spacial score (nSPS) is 14.8. The molecule has 0 unspecified atom stereocenters. The average Bonchev–Trinajstić information content (AvgIpc) is 3.19. The molecule has 2 heterocycles. The number of nitrogens with zero attached hydrogens (tertiary/aromatic N) is 2. The van der Waals surface area contributed by atoms with Gasteiger partial charge in [0, 0.05) is 30.9 Å². The minimum absolute atomic E-state index is 0.0631. The molecule has 19 heavy (non-hydrogen) atoms. The van der Waals surface area contributed by atoms with Gasteiger partial charge in [-0.15, -0.1) is 11.3 Å². The van der Waals surface area contributed by atoms with Crippen molar-refractivity contribution in [2.24, 2.45) is 5.92 Å². The summed E-state index contributed by atoms with van der Waals surface area (Å²) in [5.41, 5.74) is 6.71. The maximum Gasteiger partial charge on any atom is 0.266 e. The third kappa shape index (κ3) is 2.30. The van der Waals surface area contributed by atoms with E-state index in [2.05, 4.69) is 4.98 Å². The summed E-state index contributed by atoms with van der Waals surface area (Å²) < 4.78 is 0.978. The molecule has 0 spiro atoms. The molecule has 1 saturated carbocycles. The van der Waals surface area contributed by atoms with Crippen LogP contribution in [0.15, 0.2) is 18.5 Å². The third-order valence-electron chi connectivity index (χ3n) is 3.57. The second-order valence-corrected chi connectivity index (χ2v) is 6.06. The minimum atomic E-state index is 0.0631. The number of carbonyl (C=O) groups is 1. The van der Waals surface area contributed by atoms with Gasteiger partial charge in [0.1, 0.15) is 4.88 Å². The van der Waals surface area contributed by atoms with Crippen molar-refractivity contribution in [1.29, 1.82) is 0 Å². The predicted molar refractivity (Wildman–Crippen MR) is 78.3 cm³/mol. The van der Waals surface area contributed by atoms with E-state index in [1.807, 2.05) is 17.9 Å². The van der Waals surface area contributed by atoms with Crippen LogP contribution < -0.4 is 5.73 Å². The Hall–Kier alpha value is -1.62. The molecule has 2 aromatic rings. The van der Waals surface area contributed by atoms with E-state index in [4.69, 9.17) is 5.73 Å². The lowest BCUT2D eigenvalue weighted by Gasteiger charge is -2.20. The molecule has 0 aliphatic heterocycles. The molecule has 3 rings (SSSR count). The molecular weight excluding hydrogens is 258 g/mol. The standard InChI is InChI=1S/C14H17N3OS/c1-2-17(8-9-3-4-9)14(18)13-12(15)10-5-6-16-7-11(10)19-13/h5-7,9H,2-4,8,15H2,1H3. The van der Waals surface area contributed by atoms with Crippen LogP contribution in [0.4, 0.5) is 5.69 Å². The van der Waals surface area contributed by atoms with Crippen molar-refractivity contribution in [2.45, 2.75) is 19.8 Å². The van der Waals surface area contributed by atoms with E-state index >= 15 is 0 Å². The first kappa shape index (κ1) is 12.4. The largest absolute Gasteiger partial charge is 0.397 e. The summed E-state index contributed by atoms with van der Waals surface area (Å²) in [7, 11) is 0. The summed E-state index contributed by atoms with van der Waals surface area (Å²) in [4.78, 5) is 19.2. The fourth-order valence-electron chi connectivity index (χ4n) is 2.24. The van der Waals surface area contributed by atoms with E-state index < -0.39 is 0 Å². The van der Waals surface area contributed by atoms with Crippen molar-refractivity contribution in [3.05, 3.63) is 23.3 Å². The molecule has 0 radical (unpaired) electrons. The van der Waals surface area contributed by atoms with Crippen molar-refractivity contribution in [2.75, 3.05) is 18.8 Å². The molecule has 0 atom stereocenters. The Morgan fingerprint density at radius 3 is 3.00 bits per heavy atom. The highest BCUT2D eigenvalue weighted by molar-refractivity contribution is 7.21. The van der Waals surface area contributed by atoms with Crippen LogP contribution >= 0.6 is 11.3 Å². The minimum Gasteiger partial charge on any atom is -0.397 e. The van der Waals surface area contributed by atoms with Crippen LogP contribution in [0.25, 0.3) is 10.1 Å². The summed E-state index contributed by atoms with van der Waals surface area (Å²) in [6.07, 6.45) is 5.97. The van der Waals surface area contributed by atoms with Gasteiger partial charge >= 0.3 is 0 Å². The topological polar surface area (TPSA) is 59.2 Å². The van der Waals surface area contributed by atoms with Gasteiger partial charge in [-0.1, -0.05) is 0 Å². The SMILES string of the molecule is CCN(CC1CC1)C(=O)c1sc2cnccc2c1N. The molecule has 2 N–H and O–H groups in total. The predicted octanol–water partition coefficient (Wildman–Crippen LogP) is 2.75. The molecular formula is C14H17N3OS. The van der Waals surface area contributed by atoms with Crippen molar-refractivity contribution >= 4 is 33.0 Å². The second kappa shape index (κ2) is 4.81. The Labute approximate surface area is 116 Å². The number of amides is 1. The quantitative estimate of drug-likeness (QED) is 0.933. The number of carbonyl (C=O) groups excluding carboxylic acids is 1. The Morgan fingerprint density at radius 2 is 2.37 bits per heavy atom. The molecule has 0 bridgehead atoms. The summed E-state index contributed by atoms with van der Waals surface area (Å²) in [5, 5.41) is 0.936. The van der Waals surface area contributed by atoms with E-state index in [-0.39, 0.29) is 5.91 Å². The maximum absolute atomic E-state index is 12.6. The van der Waals surface area contributed by atoms with Gasteiger partial charge in [0.25, 0.3) is 5.91 Å². The summed E-state index contributed by atoms with van der Waals surface area (Å²) in [5.74, 6) is 0.759. The highest BCUT2D eigenvalue weighted by Gasteiger charge is 2.28. The van der Waals surface area contributed by atoms with E-state index in [1.165, 1.54) is 24.2 Å². The van der Waals surface area contributed by atoms with Crippen LogP contribution in [0.5, 0.6) is 0 Å². The number of aromatic nitrogens is 1. The van der Waals surface area contributed by atoms with Crippen LogP contribution in [0.1, 0.15) is 29.4 Å². The zero-order chi connectivity index (χ0) is 13.4. The summed E-state index contributed by atoms with van der Waals surface area (Å²) >= 11 is 1.44. The van der Waals surface area contributed by atoms with E-state index in [1.54, 1.807) is 12.4 Å². The second-order valence-electron chi connectivity index (χ2n) is 5.00. The molecule has 1 amide bonds. The van der Waals surface area contributed by atoms with E-state index in [9.17, 15) is 4.79 Å². The van der Waals surface area contributed by atoms with Gasteiger partial charge in [0.05, 0.1) is 10.4 Å². The first-order valence-electron chi connectivity index (χ1n) is 6.62. The number of anilines is 1. The zero-order valence-corrected chi connectivity index (χ0v) is 11.7. The zero-order valence-electron chi connectivity index (χ0n) is 10.9. The van der Waals surface area contributed by atoms with Crippen molar-refractivity contribution < 1.29 is 4.79 Å². The van der Waals surface area contributed by atoms with Crippen molar-refractivity contribution in [3.63, 3.8) is 0 Å². The van der Waals surface area contributed by atoms with Crippen LogP contribution in [0.2, 0.25) is 0 Å². The highest BCUT2D eigenvalue weighted by atomic mass is 32.1. The Bertz CT molecular complexity index is 618. The molecule has 1 aliphatic carbocycles. The van der Waals surface area contributed by atoms with Crippen LogP contribution in [0.3, 0.4) is 0 Å². The van der Waals surface area contributed by atoms with Gasteiger partial charge in [-0.3, -0.25) is 9.78 Å². The van der Waals surface area contributed by atoms with Gasteiger partial charge < -0.3 is 10.6 Å². The fourth-order valence-corrected chi connectivity index (χ4v) is 3.30. The van der Waals surface area contributed by atoms with Crippen molar-refractivity contribution in [1.82, 2.24) is 9.88 Å². The number of rotatable bonds is 4. The fraction of sp³-hybridized carbons (Fsp3) is 0.429. The Kier molecular flexibility index (Phi) is 3.14. The van der Waals surface area contributed by atoms with Gasteiger partial charge in [-0.25, -0.2) is 0 Å². The highest BCUT2D eigenvalue weighted by Crippen LogP contribution is 2.35. The maximum atomic E-state index is 12.6. The molecule has 4 nitrogen and oxygen atoms in total. The number of nitrogen functional groups attached to an aromatic ring is 1. The molecule has 1 fully saturated rings. The van der Waals surface area contributed by atoms with Gasteiger partial charge in [-0.05, 0) is 31.7 Å². The first-order valence-corrected chi connectivity index (χ1v) is 7.43. The number of hydrogen-bond donors (Lipinski definition) is 1. The molecule has 0 saturated heterocycles. The molecule has 1 aliphatic rings. The number of nitrogens with two attached hydrogens (primary N) is 1. The summed E-state index contributed by atoms with van der Waals surface area (Å²) in [6, 6.07) is 1.87. The lowest BCUT2D eigenvalue weighted by atomic mass is 10.2. The van der Waals surface area contributed by atoms with E-state index in [0.29, 0.717) is 16.5 Å². The lowest BCUT2D eigenvalue weighted by molar-refractivity contribution is 0.0763. The number of fused-ring (bicyclic) bond motifs is 1. The van der Waals surface area contributed by atoms with Gasteiger partial charge in [0.15, 0.2) is 0 Å². The van der Waals surface area contributed by atoms with Crippen LogP contribution in [0, 0.1) is 5.92 Å². The smallest absolute Gasteiger partial charge is 0.266 e. The Morgan fingerprint density at radius 1 is 1.58 bits per heavy atom. The molecule has 100 valence electrons.